The maximum absolute atomic E-state index is 6.03. The Morgan fingerprint density at radius 3 is 2.00 bits per heavy atom. The minimum absolute atomic E-state index is 0.140. The third-order valence-corrected chi connectivity index (χ3v) is 4.00. The van der Waals surface area contributed by atoms with E-state index in [0.717, 1.165) is 19.5 Å². The molecule has 0 atom stereocenters. The van der Waals surface area contributed by atoms with E-state index in [1.807, 2.05) is 13.8 Å². The first kappa shape index (κ1) is 15.7. The van der Waals surface area contributed by atoms with Crippen molar-refractivity contribution in [2.24, 2.45) is 0 Å². The predicted molar refractivity (Wildman–Crippen MR) is 77.6 cm³/mol. The monoisotopic (exact) mass is 253 g/mol. The van der Waals surface area contributed by atoms with Crippen LogP contribution < -0.4 is 0 Å². The van der Waals surface area contributed by atoms with E-state index in [1.54, 1.807) is 0 Å². The molecule has 0 radical (unpaired) electrons. The smallest absolute Gasteiger partial charge is 0.400 e. The lowest BCUT2D eigenvalue weighted by molar-refractivity contribution is 0.00578. The number of hydrogen-bond acceptors (Lipinski definition) is 3. The van der Waals surface area contributed by atoms with Gasteiger partial charge in [0.1, 0.15) is 0 Å². The number of nitrogens with zero attached hydrogens (tertiary/aromatic N) is 1. The Hall–Kier alpha value is -0.315. The molecule has 3 nitrogen and oxygen atoms in total. The molecule has 0 aliphatic carbocycles. The van der Waals surface area contributed by atoms with Gasteiger partial charge in [-0.3, -0.25) is 0 Å². The Labute approximate surface area is 113 Å². The van der Waals surface area contributed by atoms with E-state index in [-0.39, 0.29) is 18.3 Å². The van der Waals surface area contributed by atoms with Crippen molar-refractivity contribution >= 4 is 7.12 Å². The Morgan fingerprint density at radius 2 is 1.61 bits per heavy atom. The predicted octanol–water partition coefficient (Wildman–Crippen LogP) is 2.91. The molecule has 2 heterocycles. The molecular weight excluding hydrogens is 225 g/mol. The minimum atomic E-state index is -0.220. The van der Waals surface area contributed by atoms with Crippen LogP contribution in [-0.4, -0.2) is 43.4 Å². The highest BCUT2D eigenvalue weighted by atomic mass is 16.7. The summed E-state index contributed by atoms with van der Waals surface area (Å²) in [5.74, 6) is 0. The standard InChI is InChI=1S/C12H22BNO2.C2H6/c1-11(2)12(3,4)16-13(15-11)10-6-8-14(5)9-7-10;1-2/h6H,7-9H2,1-5H3;1-2H3. The average molecular weight is 253 g/mol. The normalized spacial score (nSPS) is 26.4. The van der Waals surface area contributed by atoms with E-state index in [1.165, 1.54) is 5.47 Å². The maximum Gasteiger partial charge on any atom is 0.490 e. The third-order valence-electron chi connectivity index (χ3n) is 4.00. The second-order valence-electron chi connectivity index (χ2n) is 5.88. The molecule has 104 valence electrons. The highest BCUT2D eigenvalue weighted by molar-refractivity contribution is 6.54. The Morgan fingerprint density at radius 1 is 1.11 bits per heavy atom. The summed E-state index contributed by atoms with van der Waals surface area (Å²) in [6.45, 7) is 14.5. The van der Waals surface area contributed by atoms with Crippen LogP contribution in [-0.2, 0) is 9.31 Å². The van der Waals surface area contributed by atoms with Crippen molar-refractivity contribution in [3.05, 3.63) is 11.5 Å². The van der Waals surface area contributed by atoms with Crippen molar-refractivity contribution in [1.29, 1.82) is 0 Å². The van der Waals surface area contributed by atoms with Gasteiger partial charge < -0.3 is 14.2 Å². The van der Waals surface area contributed by atoms with Gasteiger partial charge >= 0.3 is 7.12 Å². The van der Waals surface area contributed by atoms with Crippen molar-refractivity contribution in [2.75, 3.05) is 20.1 Å². The fraction of sp³-hybridized carbons (Fsp3) is 0.857. The van der Waals surface area contributed by atoms with Gasteiger partial charge in [-0.25, -0.2) is 0 Å². The fourth-order valence-corrected chi connectivity index (χ4v) is 1.99. The molecule has 18 heavy (non-hydrogen) atoms. The molecule has 0 amide bonds. The Balaban J connectivity index is 0.000000771. The van der Waals surface area contributed by atoms with E-state index in [0.29, 0.717) is 0 Å². The van der Waals surface area contributed by atoms with Crippen molar-refractivity contribution in [3.8, 4) is 0 Å². The molecule has 2 aliphatic rings. The average Bonchev–Trinajstić information content (AvgIpc) is 2.52. The highest BCUT2D eigenvalue weighted by Crippen LogP contribution is 2.39. The van der Waals surface area contributed by atoms with Gasteiger partial charge in [0, 0.05) is 13.1 Å². The molecule has 0 aromatic carbocycles. The molecule has 0 N–H and O–H groups in total. The summed E-state index contributed by atoms with van der Waals surface area (Å²) in [5, 5.41) is 0. The maximum atomic E-state index is 6.03. The van der Waals surface area contributed by atoms with E-state index in [4.69, 9.17) is 9.31 Å². The van der Waals surface area contributed by atoms with Gasteiger partial charge in [0.05, 0.1) is 11.2 Å². The van der Waals surface area contributed by atoms with Gasteiger partial charge in [0.2, 0.25) is 0 Å². The lowest BCUT2D eigenvalue weighted by atomic mass is 9.75. The Kier molecular flexibility index (Phi) is 5.04. The van der Waals surface area contributed by atoms with E-state index in [2.05, 4.69) is 45.7 Å². The molecule has 0 aromatic heterocycles. The van der Waals surface area contributed by atoms with Crippen molar-refractivity contribution in [1.82, 2.24) is 4.90 Å². The van der Waals surface area contributed by atoms with Crippen LogP contribution in [0.1, 0.15) is 48.0 Å². The van der Waals surface area contributed by atoms with E-state index < -0.39 is 0 Å². The summed E-state index contributed by atoms with van der Waals surface area (Å²) in [6.07, 6.45) is 3.29. The molecule has 0 unspecified atom stereocenters. The SMILES string of the molecule is CC.CN1CC=C(B2OC(C)(C)C(C)(C)O2)CC1. The number of likely N-dealkylation sites (N-methyl/N-ethyl adjacent to an activating group) is 1. The van der Waals surface area contributed by atoms with E-state index >= 15 is 0 Å². The van der Waals surface area contributed by atoms with Gasteiger partial charge in [-0.2, -0.15) is 0 Å². The molecule has 0 saturated carbocycles. The van der Waals surface area contributed by atoms with Gasteiger partial charge in [0.25, 0.3) is 0 Å². The molecule has 0 bridgehead atoms. The summed E-state index contributed by atoms with van der Waals surface area (Å²) < 4.78 is 12.1. The van der Waals surface area contributed by atoms with Crippen LogP contribution in [0.2, 0.25) is 0 Å². The van der Waals surface area contributed by atoms with Crippen LogP contribution in [0.3, 0.4) is 0 Å². The second-order valence-corrected chi connectivity index (χ2v) is 5.88. The number of hydrogen-bond donors (Lipinski definition) is 0. The van der Waals surface area contributed by atoms with E-state index in [9.17, 15) is 0 Å². The first-order chi connectivity index (χ1) is 8.32. The van der Waals surface area contributed by atoms with Crippen molar-refractivity contribution in [2.45, 2.75) is 59.2 Å². The van der Waals surface area contributed by atoms with Gasteiger partial charge in [-0.1, -0.05) is 19.9 Å². The van der Waals surface area contributed by atoms with Crippen LogP contribution >= 0.6 is 0 Å². The highest BCUT2D eigenvalue weighted by Gasteiger charge is 2.52. The van der Waals surface area contributed by atoms with Crippen molar-refractivity contribution in [3.63, 3.8) is 0 Å². The Bertz CT molecular complexity index is 297. The van der Waals surface area contributed by atoms with Gasteiger partial charge in [-0.15, -0.1) is 0 Å². The van der Waals surface area contributed by atoms with Crippen LogP contribution in [0, 0.1) is 0 Å². The molecule has 0 spiro atoms. The largest absolute Gasteiger partial charge is 0.490 e. The third kappa shape index (κ3) is 3.17. The van der Waals surface area contributed by atoms with Crippen LogP contribution in [0.15, 0.2) is 11.5 Å². The topological polar surface area (TPSA) is 21.7 Å². The zero-order valence-corrected chi connectivity index (χ0v) is 13.0. The van der Waals surface area contributed by atoms with Crippen LogP contribution in [0.4, 0.5) is 0 Å². The first-order valence-corrected chi connectivity index (χ1v) is 7.05. The molecule has 0 aromatic rings. The summed E-state index contributed by atoms with van der Waals surface area (Å²) in [7, 11) is 2.00. The molecule has 2 rings (SSSR count). The lowest BCUT2D eigenvalue weighted by Gasteiger charge is -2.32. The van der Waals surface area contributed by atoms with Crippen LogP contribution in [0.25, 0.3) is 0 Å². The molecule has 4 heteroatoms. The van der Waals surface area contributed by atoms with Gasteiger partial charge in [0.15, 0.2) is 0 Å². The zero-order valence-electron chi connectivity index (χ0n) is 13.0. The summed E-state index contributed by atoms with van der Waals surface area (Å²) in [4.78, 5) is 2.30. The summed E-state index contributed by atoms with van der Waals surface area (Å²) in [5.41, 5.74) is 0.862. The van der Waals surface area contributed by atoms with Gasteiger partial charge in [-0.05, 0) is 46.6 Å². The van der Waals surface area contributed by atoms with Crippen LogP contribution in [0.5, 0.6) is 0 Å². The second kappa shape index (κ2) is 5.76. The quantitative estimate of drug-likeness (QED) is 0.671. The molecule has 1 fully saturated rings. The fourth-order valence-electron chi connectivity index (χ4n) is 1.99. The summed E-state index contributed by atoms with van der Waals surface area (Å²) in [6, 6.07) is 0. The van der Waals surface area contributed by atoms with Crippen molar-refractivity contribution < 1.29 is 9.31 Å². The lowest BCUT2D eigenvalue weighted by Crippen LogP contribution is -2.41. The first-order valence-electron chi connectivity index (χ1n) is 7.05. The minimum Gasteiger partial charge on any atom is -0.400 e. The number of rotatable bonds is 1. The molecular formula is C14H28BNO2. The summed E-state index contributed by atoms with van der Waals surface area (Å²) >= 11 is 0. The molecule has 2 aliphatic heterocycles. The molecule has 1 saturated heterocycles. The zero-order chi connectivity index (χ0) is 14.0.